The first-order valence-electron chi connectivity index (χ1n) is 3.57. The van der Waals surface area contributed by atoms with E-state index >= 15 is 0 Å². The maximum atomic E-state index is 10.7. The predicted molar refractivity (Wildman–Crippen MR) is 42.7 cm³/mol. The molecule has 1 rings (SSSR count). The molecule has 0 aromatic carbocycles. The van der Waals surface area contributed by atoms with Crippen molar-refractivity contribution >= 4 is 17.5 Å². The van der Waals surface area contributed by atoms with Gasteiger partial charge < -0.3 is 10.1 Å². The summed E-state index contributed by atoms with van der Waals surface area (Å²) in [5.74, 6) is -0.0727. The third kappa shape index (κ3) is 2.34. The summed E-state index contributed by atoms with van der Waals surface area (Å²) in [7, 11) is 0. The predicted octanol–water partition coefficient (Wildman–Crippen LogP) is 0.378. The summed E-state index contributed by atoms with van der Waals surface area (Å²) in [5.41, 5.74) is 0.141. The van der Waals surface area contributed by atoms with Crippen molar-refractivity contribution in [2.45, 2.75) is 6.92 Å². The minimum Gasteiger partial charge on any atom is -0.380 e. The van der Waals surface area contributed by atoms with E-state index in [0.29, 0.717) is 6.54 Å². The number of hydrogen-bond acceptors (Lipinski definition) is 2. The summed E-state index contributed by atoms with van der Waals surface area (Å²) in [6, 6.07) is 0. The number of ether oxygens (including phenoxy) is 1. The number of carbonyl (C=O) groups excluding carboxylic acids is 1. The van der Waals surface area contributed by atoms with Gasteiger partial charge in [-0.05, 0) is 0 Å². The van der Waals surface area contributed by atoms with Crippen LogP contribution in [0, 0.1) is 5.41 Å². The van der Waals surface area contributed by atoms with E-state index < -0.39 is 0 Å². The molecule has 0 bridgehead atoms. The van der Waals surface area contributed by atoms with Crippen LogP contribution in [0.15, 0.2) is 0 Å². The number of nitrogens with one attached hydrogen (secondary N) is 1. The van der Waals surface area contributed by atoms with Gasteiger partial charge in [0.25, 0.3) is 0 Å². The Morgan fingerprint density at radius 3 is 2.73 bits per heavy atom. The first-order valence-corrected chi connectivity index (χ1v) is 4.10. The fourth-order valence-corrected chi connectivity index (χ4v) is 1.01. The summed E-state index contributed by atoms with van der Waals surface area (Å²) in [6.07, 6.45) is 0. The standard InChI is InChI=1S/C7H12ClNO2/c1-7(4-11-5-7)3-9-6(10)2-8/h2-5H2,1H3,(H,9,10). The molecule has 11 heavy (non-hydrogen) atoms. The highest BCUT2D eigenvalue weighted by atomic mass is 35.5. The molecule has 1 heterocycles. The molecule has 3 nitrogen and oxygen atoms in total. The maximum Gasteiger partial charge on any atom is 0.234 e. The number of hydrogen-bond donors (Lipinski definition) is 1. The zero-order chi connectivity index (χ0) is 8.32. The third-order valence-electron chi connectivity index (χ3n) is 1.73. The second-order valence-corrected chi connectivity index (χ2v) is 3.48. The molecule has 0 aliphatic carbocycles. The molecule has 0 radical (unpaired) electrons. The molecule has 1 saturated heterocycles. The molecule has 1 N–H and O–H groups in total. The summed E-state index contributed by atoms with van der Waals surface area (Å²) in [5, 5.41) is 2.72. The van der Waals surface area contributed by atoms with Gasteiger partial charge in [-0.15, -0.1) is 11.6 Å². The fraction of sp³-hybridized carbons (Fsp3) is 0.857. The Morgan fingerprint density at radius 1 is 1.73 bits per heavy atom. The molecule has 0 aromatic heterocycles. The lowest BCUT2D eigenvalue weighted by molar-refractivity contribution is -0.124. The molecule has 1 aliphatic rings. The van der Waals surface area contributed by atoms with Crippen molar-refractivity contribution in [1.82, 2.24) is 5.32 Å². The average Bonchev–Trinajstić information content (AvgIpc) is 1.96. The maximum absolute atomic E-state index is 10.7. The first kappa shape index (κ1) is 8.81. The lowest BCUT2D eigenvalue weighted by atomic mass is 9.89. The zero-order valence-electron chi connectivity index (χ0n) is 6.52. The second kappa shape index (κ2) is 3.41. The van der Waals surface area contributed by atoms with Crippen molar-refractivity contribution < 1.29 is 9.53 Å². The first-order chi connectivity index (χ1) is 5.16. The van der Waals surface area contributed by atoms with Gasteiger partial charge in [0.05, 0.1) is 13.2 Å². The van der Waals surface area contributed by atoms with Crippen LogP contribution in [0.5, 0.6) is 0 Å². The van der Waals surface area contributed by atoms with Crippen molar-refractivity contribution in [3.63, 3.8) is 0 Å². The highest BCUT2D eigenvalue weighted by Gasteiger charge is 2.33. The van der Waals surface area contributed by atoms with Crippen molar-refractivity contribution in [2.75, 3.05) is 25.6 Å². The molecule has 0 aromatic rings. The minimum absolute atomic E-state index is 0.0386. The summed E-state index contributed by atoms with van der Waals surface area (Å²) in [4.78, 5) is 10.7. The van der Waals surface area contributed by atoms with E-state index in [1.165, 1.54) is 0 Å². The lowest BCUT2D eigenvalue weighted by Crippen LogP contribution is -2.48. The van der Waals surface area contributed by atoms with E-state index in [-0.39, 0.29) is 17.2 Å². The van der Waals surface area contributed by atoms with Crippen LogP contribution in [-0.2, 0) is 9.53 Å². The average molecular weight is 178 g/mol. The van der Waals surface area contributed by atoms with Crippen LogP contribution in [0.25, 0.3) is 0 Å². The molecular formula is C7H12ClNO2. The Balaban J connectivity index is 2.16. The van der Waals surface area contributed by atoms with E-state index in [1.807, 2.05) is 0 Å². The zero-order valence-corrected chi connectivity index (χ0v) is 7.28. The van der Waals surface area contributed by atoms with Crippen LogP contribution in [-0.4, -0.2) is 31.5 Å². The van der Waals surface area contributed by atoms with Gasteiger partial charge >= 0.3 is 0 Å². The largest absolute Gasteiger partial charge is 0.380 e. The molecule has 0 saturated carbocycles. The number of carbonyl (C=O) groups is 1. The van der Waals surface area contributed by atoms with Gasteiger partial charge in [0.2, 0.25) is 5.91 Å². The Labute approximate surface area is 71.1 Å². The highest BCUT2D eigenvalue weighted by Crippen LogP contribution is 2.24. The monoisotopic (exact) mass is 177 g/mol. The normalized spacial score (nSPS) is 20.5. The van der Waals surface area contributed by atoms with Gasteiger partial charge in [-0.3, -0.25) is 4.79 Å². The van der Waals surface area contributed by atoms with Crippen LogP contribution in [0.1, 0.15) is 6.92 Å². The Kier molecular flexibility index (Phi) is 2.73. The van der Waals surface area contributed by atoms with Gasteiger partial charge in [-0.1, -0.05) is 6.92 Å². The SMILES string of the molecule is CC1(CNC(=O)CCl)COC1. The highest BCUT2D eigenvalue weighted by molar-refractivity contribution is 6.27. The third-order valence-corrected chi connectivity index (χ3v) is 1.98. The van der Waals surface area contributed by atoms with Crippen LogP contribution >= 0.6 is 11.6 Å². The Hall–Kier alpha value is -0.280. The van der Waals surface area contributed by atoms with Crippen LogP contribution in [0.2, 0.25) is 0 Å². The molecule has 1 amide bonds. The second-order valence-electron chi connectivity index (χ2n) is 3.21. The molecule has 64 valence electrons. The van der Waals surface area contributed by atoms with Crippen LogP contribution in [0.4, 0.5) is 0 Å². The van der Waals surface area contributed by atoms with E-state index in [4.69, 9.17) is 16.3 Å². The van der Waals surface area contributed by atoms with Crippen LogP contribution in [0.3, 0.4) is 0 Å². The molecule has 1 aliphatic heterocycles. The van der Waals surface area contributed by atoms with E-state index in [2.05, 4.69) is 12.2 Å². The molecule has 0 spiro atoms. The van der Waals surface area contributed by atoms with E-state index in [0.717, 1.165) is 13.2 Å². The van der Waals surface area contributed by atoms with Gasteiger partial charge in [-0.25, -0.2) is 0 Å². The molecule has 0 unspecified atom stereocenters. The van der Waals surface area contributed by atoms with E-state index in [1.54, 1.807) is 0 Å². The summed E-state index contributed by atoms with van der Waals surface area (Å²) in [6.45, 7) is 4.20. The Bertz CT molecular complexity index is 157. The van der Waals surface area contributed by atoms with Crippen molar-refractivity contribution in [3.8, 4) is 0 Å². The number of halogens is 1. The fourth-order valence-electron chi connectivity index (χ4n) is 0.912. The van der Waals surface area contributed by atoms with Crippen LogP contribution < -0.4 is 5.32 Å². The van der Waals surface area contributed by atoms with Gasteiger partial charge in [-0.2, -0.15) is 0 Å². The van der Waals surface area contributed by atoms with Crippen molar-refractivity contribution in [2.24, 2.45) is 5.41 Å². The summed E-state index contributed by atoms with van der Waals surface area (Å²) < 4.78 is 5.02. The van der Waals surface area contributed by atoms with Crippen molar-refractivity contribution in [1.29, 1.82) is 0 Å². The molecule has 4 heteroatoms. The van der Waals surface area contributed by atoms with Crippen molar-refractivity contribution in [3.05, 3.63) is 0 Å². The van der Waals surface area contributed by atoms with E-state index in [9.17, 15) is 4.79 Å². The number of alkyl halides is 1. The molecular weight excluding hydrogens is 166 g/mol. The minimum atomic E-state index is -0.111. The molecule has 0 atom stereocenters. The Morgan fingerprint density at radius 2 is 2.36 bits per heavy atom. The van der Waals surface area contributed by atoms with Gasteiger partial charge in [0.15, 0.2) is 0 Å². The smallest absolute Gasteiger partial charge is 0.234 e. The van der Waals surface area contributed by atoms with Gasteiger partial charge in [0.1, 0.15) is 5.88 Å². The topological polar surface area (TPSA) is 38.3 Å². The number of rotatable bonds is 3. The van der Waals surface area contributed by atoms with Gasteiger partial charge in [0, 0.05) is 12.0 Å². The lowest BCUT2D eigenvalue weighted by Gasteiger charge is -2.37. The number of amides is 1. The quantitative estimate of drug-likeness (QED) is 0.633. The molecule has 1 fully saturated rings. The summed E-state index contributed by atoms with van der Waals surface area (Å²) >= 11 is 5.30.